The Morgan fingerprint density at radius 1 is 1.00 bits per heavy atom. The van der Waals surface area contributed by atoms with Crippen LogP contribution in [0.5, 0.6) is 0 Å². The third-order valence-electron chi connectivity index (χ3n) is 3.27. The van der Waals surface area contributed by atoms with Crippen LogP contribution in [0.15, 0.2) is 0 Å². The van der Waals surface area contributed by atoms with E-state index in [1.165, 1.54) is 38.6 Å². The van der Waals surface area contributed by atoms with Crippen molar-refractivity contribution in [2.24, 2.45) is 11.8 Å². The standard InChI is InChI=1S/C15H33N/c1-7-8-9-10-11-14(13(2)3)12-16-15(4,5)6/h13-14,16H,7-12H2,1-6H3. The van der Waals surface area contributed by atoms with E-state index in [2.05, 4.69) is 46.9 Å². The van der Waals surface area contributed by atoms with Gasteiger partial charge in [-0.1, -0.05) is 46.5 Å². The van der Waals surface area contributed by atoms with Crippen molar-refractivity contribution in [3.8, 4) is 0 Å². The Hall–Kier alpha value is -0.0400. The van der Waals surface area contributed by atoms with E-state index in [4.69, 9.17) is 0 Å². The van der Waals surface area contributed by atoms with Crippen LogP contribution in [0.3, 0.4) is 0 Å². The minimum absolute atomic E-state index is 0.260. The summed E-state index contributed by atoms with van der Waals surface area (Å²) in [6.07, 6.45) is 6.95. The van der Waals surface area contributed by atoms with E-state index >= 15 is 0 Å². The van der Waals surface area contributed by atoms with Gasteiger partial charge in [0.05, 0.1) is 0 Å². The average molecular weight is 227 g/mol. The maximum atomic E-state index is 3.64. The lowest BCUT2D eigenvalue weighted by Gasteiger charge is -2.27. The number of nitrogens with one attached hydrogen (secondary N) is 1. The van der Waals surface area contributed by atoms with E-state index in [1.807, 2.05) is 0 Å². The Morgan fingerprint density at radius 3 is 2.06 bits per heavy atom. The molecule has 1 atom stereocenters. The van der Waals surface area contributed by atoms with Crippen LogP contribution in [0.2, 0.25) is 0 Å². The molecule has 0 saturated carbocycles. The molecule has 0 amide bonds. The molecule has 0 radical (unpaired) electrons. The first-order chi connectivity index (χ1) is 7.37. The molecule has 0 fully saturated rings. The molecule has 98 valence electrons. The zero-order valence-electron chi connectivity index (χ0n) is 12.4. The van der Waals surface area contributed by atoms with Gasteiger partial charge in [0.1, 0.15) is 0 Å². The molecule has 0 saturated heterocycles. The van der Waals surface area contributed by atoms with Gasteiger partial charge >= 0.3 is 0 Å². The molecule has 0 aliphatic carbocycles. The van der Waals surface area contributed by atoms with Crippen LogP contribution < -0.4 is 5.32 Å². The van der Waals surface area contributed by atoms with Gasteiger partial charge in [0.15, 0.2) is 0 Å². The molecule has 1 unspecified atom stereocenters. The van der Waals surface area contributed by atoms with Crippen molar-refractivity contribution in [1.82, 2.24) is 5.32 Å². The number of unbranched alkanes of at least 4 members (excludes halogenated alkanes) is 3. The average Bonchev–Trinajstić information content (AvgIpc) is 2.14. The highest BCUT2D eigenvalue weighted by molar-refractivity contribution is 4.74. The monoisotopic (exact) mass is 227 g/mol. The Kier molecular flexibility index (Phi) is 8.09. The van der Waals surface area contributed by atoms with Crippen LogP contribution in [0, 0.1) is 11.8 Å². The molecule has 1 heteroatoms. The van der Waals surface area contributed by atoms with Crippen LogP contribution >= 0.6 is 0 Å². The van der Waals surface area contributed by atoms with E-state index in [0.29, 0.717) is 0 Å². The van der Waals surface area contributed by atoms with Crippen LogP contribution in [0.4, 0.5) is 0 Å². The second-order valence-corrected chi connectivity index (χ2v) is 6.48. The fraction of sp³-hybridized carbons (Fsp3) is 1.00. The minimum atomic E-state index is 0.260. The molecule has 1 nitrogen and oxygen atoms in total. The summed E-state index contributed by atoms with van der Waals surface area (Å²) in [5.41, 5.74) is 0.260. The number of hydrogen-bond acceptors (Lipinski definition) is 1. The fourth-order valence-electron chi connectivity index (χ4n) is 1.94. The molecule has 0 aromatic rings. The highest BCUT2D eigenvalue weighted by Crippen LogP contribution is 2.19. The Bertz CT molecular complexity index is 155. The first-order valence-electron chi connectivity index (χ1n) is 7.12. The Morgan fingerprint density at radius 2 is 1.62 bits per heavy atom. The van der Waals surface area contributed by atoms with E-state index in [9.17, 15) is 0 Å². The third-order valence-corrected chi connectivity index (χ3v) is 3.27. The van der Waals surface area contributed by atoms with Crippen molar-refractivity contribution < 1.29 is 0 Å². The molecule has 0 bridgehead atoms. The lowest BCUT2D eigenvalue weighted by atomic mass is 9.89. The molecule has 0 spiro atoms. The van der Waals surface area contributed by atoms with Gasteiger partial charge in [0, 0.05) is 5.54 Å². The summed E-state index contributed by atoms with van der Waals surface area (Å²) >= 11 is 0. The first-order valence-corrected chi connectivity index (χ1v) is 7.12. The molecule has 0 aromatic heterocycles. The Balaban J connectivity index is 3.80. The van der Waals surface area contributed by atoms with E-state index in [-0.39, 0.29) is 5.54 Å². The molecule has 0 aliphatic rings. The zero-order chi connectivity index (χ0) is 12.6. The summed E-state index contributed by atoms with van der Waals surface area (Å²) < 4.78 is 0. The molecule has 16 heavy (non-hydrogen) atoms. The van der Waals surface area contributed by atoms with Crippen molar-refractivity contribution in [3.05, 3.63) is 0 Å². The SMILES string of the molecule is CCCCCCC(CNC(C)(C)C)C(C)C. The summed E-state index contributed by atoms with van der Waals surface area (Å²) in [6.45, 7) is 14.9. The molecular weight excluding hydrogens is 194 g/mol. The number of rotatable bonds is 8. The molecule has 1 N–H and O–H groups in total. The van der Waals surface area contributed by atoms with Crippen molar-refractivity contribution in [2.75, 3.05) is 6.54 Å². The summed E-state index contributed by atoms with van der Waals surface area (Å²) in [4.78, 5) is 0. The summed E-state index contributed by atoms with van der Waals surface area (Å²) in [7, 11) is 0. The molecule has 0 heterocycles. The third kappa shape index (κ3) is 9.21. The van der Waals surface area contributed by atoms with Crippen molar-refractivity contribution >= 4 is 0 Å². The summed E-state index contributed by atoms with van der Waals surface area (Å²) in [6, 6.07) is 0. The van der Waals surface area contributed by atoms with Crippen molar-refractivity contribution in [2.45, 2.75) is 79.2 Å². The predicted molar refractivity (Wildman–Crippen MR) is 74.8 cm³/mol. The molecular formula is C15H33N. The van der Waals surface area contributed by atoms with Crippen molar-refractivity contribution in [3.63, 3.8) is 0 Å². The van der Waals surface area contributed by atoms with Gasteiger partial charge < -0.3 is 5.32 Å². The van der Waals surface area contributed by atoms with Gasteiger partial charge in [-0.15, -0.1) is 0 Å². The number of hydrogen-bond donors (Lipinski definition) is 1. The topological polar surface area (TPSA) is 12.0 Å². The van der Waals surface area contributed by atoms with Crippen LogP contribution in [0.25, 0.3) is 0 Å². The van der Waals surface area contributed by atoms with Crippen LogP contribution in [-0.4, -0.2) is 12.1 Å². The first kappa shape index (κ1) is 16.0. The van der Waals surface area contributed by atoms with Crippen LogP contribution in [-0.2, 0) is 0 Å². The molecule has 0 aliphatic heterocycles. The van der Waals surface area contributed by atoms with Gasteiger partial charge in [-0.2, -0.15) is 0 Å². The summed E-state index contributed by atoms with van der Waals surface area (Å²) in [5, 5.41) is 3.64. The van der Waals surface area contributed by atoms with E-state index in [1.54, 1.807) is 0 Å². The lowest BCUT2D eigenvalue weighted by Crippen LogP contribution is -2.40. The molecule has 0 aromatic carbocycles. The fourth-order valence-corrected chi connectivity index (χ4v) is 1.94. The highest BCUT2D eigenvalue weighted by Gasteiger charge is 2.16. The zero-order valence-corrected chi connectivity index (χ0v) is 12.4. The van der Waals surface area contributed by atoms with Gasteiger partial charge in [-0.25, -0.2) is 0 Å². The van der Waals surface area contributed by atoms with Gasteiger partial charge in [0.2, 0.25) is 0 Å². The Labute approximate surface area is 103 Å². The van der Waals surface area contributed by atoms with Gasteiger partial charge in [0.25, 0.3) is 0 Å². The molecule has 0 rings (SSSR count). The lowest BCUT2D eigenvalue weighted by molar-refractivity contribution is 0.292. The van der Waals surface area contributed by atoms with Gasteiger partial charge in [-0.3, -0.25) is 0 Å². The smallest absolute Gasteiger partial charge is 0.00966 e. The summed E-state index contributed by atoms with van der Waals surface area (Å²) in [5.74, 6) is 1.65. The second kappa shape index (κ2) is 8.11. The van der Waals surface area contributed by atoms with E-state index in [0.717, 1.165) is 11.8 Å². The highest BCUT2D eigenvalue weighted by atomic mass is 14.9. The quantitative estimate of drug-likeness (QED) is 0.597. The van der Waals surface area contributed by atoms with Crippen LogP contribution in [0.1, 0.15) is 73.6 Å². The maximum absolute atomic E-state index is 3.64. The minimum Gasteiger partial charge on any atom is -0.312 e. The predicted octanol–water partition coefficient (Wildman–Crippen LogP) is 4.62. The maximum Gasteiger partial charge on any atom is 0.00966 e. The van der Waals surface area contributed by atoms with E-state index < -0.39 is 0 Å². The largest absolute Gasteiger partial charge is 0.312 e. The van der Waals surface area contributed by atoms with Crippen molar-refractivity contribution in [1.29, 1.82) is 0 Å². The van der Waals surface area contributed by atoms with Gasteiger partial charge in [-0.05, 0) is 45.6 Å². The second-order valence-electron chi connectivity index (χ2n) is 6.48. The normalized spacial score (nSPS) is 14.4.